The second-order valence-corrected chi connectivity index (χ2v) is 6.33. The standard InChI is InChI=1S/C16H34N2O2/c1-5-7-17-16(15-6-9-20-13-15)12-18(8-10-19-4)11-14(2)3/h14-17H,5-13H2,1-4H3. The Morgan fingerprint density at radius 2 is 2.15 bits per heavy atom. The first kappa shape index (κ1) is 17.9. The molecule has 1 aliphatic heterocycles. The fourth-order valence-electron chi connectivity index (χ4n) is 2.85. The van der Waals surface area contributed by atoms with Crippen molar-refractivity contribution in [3.05, 3.63) is 0 Å². The number of nitrogens with zero attached hydrogens (tertiary/aromatic N) is 1. The van der Waals surface area contributed by atoms with Crippen LogP contribution in [0.5, 0.6) is 0 Å². The lowest BCUT2D eigenvalue weighted by molar-refractivity contribution is 0.119. The van der Waals surface area contributed by atoms with Crippen LogP contribution in [-0.4, -0.2) is 64.1 Å². The number of nitrogens with one attached hydrogen (secondary N) is 1. The van der Waals surface area contributed by atoms with Crippen LogP contribution in [0.2, 0.25) is 0 Å². The SMILES string of the molecule is CCCNC(CN(CCOC)CC(C)C)C1CCOC1. The second-order valence-electron chi connectivity index (χ2n) is 6.33. The maximum Gasteiger partial charge on any atom is 0.0589 e. The highest BCUT2D eigenvalue weighted by Crippen LogP contribution is 2.18. The smallest absolute Gasteiger partial charge is 0.0589 e. The zero-order chi connectivity index (χ0) is 14.8. The van der Waals surface area contributed by atoms with Crippen LogP contribution in [0.25, 0.3) is 0 Å². The average molecular weight is 286 g/mol. The van der Waals surface area contributed by atoms with Crippen LogP contribution in [-0.2, 0) is 9.47 Å². The fraction of sp³-hybridized carbons (Fsp3) is 1.00. The van der Waals surface area contributed by atoms with Gasteiger partial charge in [-0.2, -0.15) is 0 Å². The van der Waals surface area contributed by atoms with Crippen LogP contribution in [0, 0.1) is 11.8 Å². The summed E-state index contributed by atoms with van der Waals surface area (Å²) in [5, 5.41) is 3.73. The van der Waals surface area contributed by atoms with Crippen molar-refractivity contribution in [1.82, 2.24) is 10.2 Å². The van der Waals surface area contributed by atoms with Crippen LogP contribution in [0.15, 0.2) is 0 Å². The summed E-state index contributed by atoms with van der Waals surface area (Å²) in [5.74, 6) is 1.36. The normalized spacial score (nSPS) is 21.0. The lowest BCUT2D eigenvalue weighted by Crippen LogP contribution is -2.47. The van der Waals surface area contributed by atoms with E-state index in [4.69, 9.17) is 9.47 Å². The first-order valence-corrected chi connectivity index (χ1v) is 8.19. The molecule has 1 rings (SSSR count). The molecular weight excluding hydrogens is 252 g/mol. The Bertz CT molecular complexity index is 231. The molecule has 4 heteroatoms. The molecule has 0 aromatic heterocycles. The molecule has 4 nitrogen and oxygen atoms in total. The largest absolute Gasteiger partial charge is 0.383 e. The van der Waals surface area contributed by atoms with E-state index in [0.717, 1.165) is 46.0 Å². The molecular formula is C16H34N2O2. The van der Waals surface area contributed by atoms with Crippen LogP contribution >= 0.6 is 0 Å². The van der Waals surface area contributed by atoms with Gasteiger partial charge in [0.05, 0.1) is 13.2 Å². The minimum atomic E-state index is 0.549. The maximum atomic E-state index is 5.58. The molecule has 0 aliphatic carbocycles. The quantitative estimate of drug-likeness (QED) is 0.630. The first-order valence-electron chi connectivity index (χ1n) is 8.19. The van der Waals surface area contributed by atoms with Gasteiger partial charge in [-0.05, 0) is 25.3 Å². The number of methoxy groups -OCH3 is 1. The van der Waals surface area contributed by atoms with Gasteiger partial charge in [-0.25, -0.2) is 0 Å². The van der Waals surface area contributed by atoms with E-state index in [9.17, 15) is 0 Å². The van der Waals surface area contributed by atoms with Gasteiger partial charge in [0.25, 0.3) is 0 Å². The van der Waals surface area contributed by atoms with Gasteiger partial charge in [0.2, 0.25) is 0 Å². The highest BCUT2D eigenvalue weighted by molar-refractivity contribution is 4.82. The minimum absolute atomic E-state index is 0.549. The number of hydrogen-bond donors (Lipinski definition) is 1. The first-order chi connectivity index (χ1) is 9.67. The lowest BCUT2D eigenvalue weighted by atomic mass is 9.98. The molecule has 0 aromatic carbocycles. The molecule has 1 aliphatic rings. The van der Waals surface area contributed by atoms with Gasteiger partial charge < -0.3 is 14.8 Å². The third-order valence-electron chi connectivity index (χ3n) is 3.88. The lowest BCUT2D eigenvalue weighted by Gasteiger charge is -2.32. The van der Waals surface area contributed by atoms with Crippen molar-refractivity contribution in [3.63, 3.8) is 0 Å². The van der Waals surface area contributed by atoms with Crippen molar-refractivity contribution in [2.45, 2.75) is 39.7 Å². The third kappa shape index (κ3) is 7.02. The van der Waals surface area contributed by atoms with Gasteiger partial charge in [0.1, 0.15) is 0 Å². The Morgan fingerprint density at radius 3 is 2.70 bits per heavy atom. The van der Waals surface area contributed by atoms with Crippen LogP contribution in [0.3, 0.4) is 0 Å². The summed E-state index contributed by atoms with van der Waals surface area (Å²) >= 11 is 0. The molecule has 1 fully saturated rings. The summed E-state index contributed by atoms with van der Waals surface area (Å²) in [7, 11) is 1.78. The number of rotatable bonds is 11. The molecule has 1 saturated heterocycles. The number of hydrogen-bond acceptors (Lipinski definition) is 4. The van der Waals surface area contributed by atoms with E-state index >= 15 is 0 Å². The molecule has 1 N–H and O–H groups in total. The second kappa shape index (κ2) is 10.6. The Hall–Kier alpha value is -0.160. The van der Waals surface area contributed by atoms with Crippen molar-refractivity contribution >= 4 is 0 Å². The molecule has 0 aromatic rings. The van der Waals surface area contributed by atoms with Gasteiger partial charge in [0.15, 0.2) is 0 Å². The van der Waals surface area contributed by atoms with Crippen molar-refractivity contribution in [1.29, 1.82) is 0 Å². The fourth-order valence-corrected chi connectivity index (χ4v) is 2.85. The Morgan fingerprint density at radius 1 is 1.35 bits per heavy atom. The molecule has 0 bridgehead atoms. The molecule has 1 heterocycles. The Balaban J connectivity index is 2.51. The topological polar surface area (TPSA) is 33.7 Å². The van der Waals surface area contributed by atoms with Crippen LogP contribution < -0.4 is 5.32 Å². The molecule has 0 saturated carbocycles. The highest BCUT2D eigenvalue weighted by Gasteiger charge is 2.27. The van der Waals surface area contributed by atoms with E-state index in [2.05, 4.69) is 31.0 Å². The summed E-state index contributed by atoms with van der Waals surface area (Å²) in [5.41, 5.74) is 0. The Labute approximate surface area is 125 Å². The zero-order valence-corrected chi connectivity index (χ0v) is 13.9. The van der Waals surface area contributed by atoms with E-state index in [0.29, 0.717) is 17.9 Å². The van der Waals surface area contributed by atoms with Gasteiger partial charge in [-0.3, -0.25) is 4.90 Å². The molecule has 0 spiro atoms. The van der Waals surface area contributed by atoms with Crippen molar-refractivity contribution in [2.75, 3.05) is 53.1 Å². The highest BCUT2D eigenvalue weighted by atomic mass is 16.5. The molecule has 0 radical (unpaired) electrons. The van der Waals surface area contributed by atoms with Crippen molar-refractivity contribution in [2.24, 2.45) is 11.8 Å². The minimum Gasteiger partial charge on any atom is -0.383 e. The zero-order valence-electron chi connectivity index (χ0n) is 13.9. The van der Waals surface area contributed by atoms with E-state index in [-0.39, 0.29) is 0 Å². The maximum absolute atomic E-state index is 5.58. The van der Waals surface area contributed by atoms with E-state index in [1.165, 1.54) is 12.8 Å². The monoisotopic (exact) mass is 286 g/mol. The number of ether oxygens (including phenoxy) is 2. The summed E-state index contributed by atoms with van der Waals surface area (Å²) in [4.78, 5) is 2.54. The predicted molar refractivity (Wildman–Crippen MR) is 84.2 cm³/mol. The van der Waals surface area contributed by atoms with Crippen molar-refractivity contribution < 1.29 is 9.47 Å². The average Bonchev–Trinajstić information content (AvgIpc) is 2.93. The van der Waals surface area contributed by atoms with Gasteiger partial charge in [0, 0.05) is 45.3 Å². The van der Waals surface area contributed by atoms with Gasteiger partial charge >= 0.3 is 0 Å². The van der Waals surface area contributed by atoms with Gasteiger partial charge in [-0.15, -0.1) is 0 Å². The van der Waals surface area contributed by atoms with E-state index < -0.39 is 0 Å². The summed E-state index contributed by atoms with van der Waals surface area (Å²) < 4.78 is 10.8. The van der Waals surface area contributed by atoms with Crippen LogP contribution in [0.1, 0.15) is 33.6 Å². The summed E-state index contributed by atoms with van der Waals surface area (Å²) in [6.07, 6.45) is 2.38. The summed E-state index contributed by atoms with van der Waals surface area (Å²) in [6.45, 7) is 13.8. The van der Waals surface area contributed by atoms with Gasteiger partial charge in [-0.1, -0.05) is 20.8 Å². The Kier molecular flexibility index (Phi) is 9.44. The molecule has 2 atom stereocenters. The molecule has 0 amide bonds. The van der Waals surface area contributed by atoms with E-state index in [1.54, 1.807) is 7.11 Å². The molecule has 20 heavy (non-hydrogen) atoms. The predicted octanol–water partition coefficient (Wildman–Crippen LogP) is 2.00. The molecule has 2 unspecified atom stereocenters. The summed E-state index contributed by atoms with van der Waals surface area (Å²) in [6, 6.07) is 0.549. The van der Waals surface area contributed by atoms with Crippen LogP contribution in [0.4, 0.5) is 0 Å². The third-order valence-corrected chi connectivity index (χ3v) is 3.88. The van der Waals surface area contributed by atoms with Crippen molar-refractivity contribution in [3.8, 4) is 0 Å². The molecule has 120 valence electrons. The van der Waals surface area contributed by atoms with E-state index in [1.807, 2.05) is 0 Å².